The summed E-state index contributed by atoms with van der Waals surface area (Å²) in [6.45, 7) is -0.0341. The first-order chi connectivity index (χ1) is 23.4. The predicted molar refractivity (Wildman–Crippen MR) is 180 cm³/mol. The van der Waals surface area contributed by atoms with Crippen molar-refractivity contribution in [2.75, 3.05) is 4.90 Å². The van der Waals surface area contributed by atoms with Gasteiger partial charge in [-0.15, -0.1) is 0 Å². The van der Waals surface area contributed by atoms with Gasteiger partial charge in [-0.1, -0.05) is 133 Å². The molecule has 0 saturated carbocycles. The zero-order chi connectivity index (χ0) is 33.4. The van der Waals surface area contributed by atoms with E-state index in [1.807, 2.05) is 30.3 Å². The molecule has 234 valence electrons. The number of aliphatic hydroxyl groups excluding tert-OH is 1. The highest BCUT2D eigenvalue weighted by molar-refractivity contribution is 6.56. The van der Waals surface area contributed by atoms with Crippen LogP contribution in [0.25, 0.3) is 11.5 Å². The van der Waals surface area contributed by atoms with E-state index in [4.69, 9.17) is 0 Å². The van der Waals surface area contributed by atoms with Crippen LogP contribution in [0.4, 0.5) is 5.69 Å². The van der Waals surface area contributed by atoms with Gasteiger partial charge >= 0.3 is 5.91 Å². The molecule has 2 amide bonds. The highest BCUT2D eigenvalue weighted by Gasteiger charge is 2.70. The van der Waals surface area contributed by atoms with Gasteiger partial charge in [0.05, 0.1) is 29.1 Å². The Morgan fingerprint density at radius 1 is 0.646 bits per heavy atom. The van der Waals surface area contributed by atoms with Gasteiger partial charge < -0.3 is 15.1 Å². The third kappa shape index (κ3) is 4.62. The SMILES string of the molecule is O=C1C(=O)N(c2ccccc2O)C2(C(=O)N(Cc3ccccc3)C(c3ccccc3)=C2C(=O)c2ccccc2)/C1=C(\O)c1ccccc1. The number of ketones is 2. The maximum atomic E-state index is 15.6. The average molecular weight is 633 g/mol. The Labute approximate surface area is 276 Å². The lowest BCUT2D eigenvalue weighted by atomic mass is 9.77. The molecule has 48 heavy (non-hydrogen) atoms. The summed E-state index contributed by atoms with van der Waals surface area (Å²) >= 11 is 0. The summed E-state index contributed by atoms with van der Waals surface area (Å²) in [4.78, 5) is 61.6. The van der Waals surface area contributed by atoms with Crippen molar-refractivity contribution in [1.82, 2.24) is 4.90 Å². The molecule has 0 aliphatic carbocycles. The molecule has 2 aliphatic heterocycles. The Kier molecular flexibility index (Phi) is 7.53. The van der Waals surface area contributed by atoms with Crippen molar-refractivity contribution in [2.24, 2.45) is 0 Å². The monoisotopic (exact) mass is 632 g/mol. The van der Waals surface area contributed by atoms with Crippen molar-refractivity contribution >= 4 is 40.5 Å². The van der Waals surface area contributed by atoms with E-state index in [9.17, 15) is 19.8 Å². The van der Waals surface area contributed by atoms with Crippen LogP contribution in [-0.4, -0.2) is 44.0 Å². The number of carbonyl (C=O) groups excluding carboxylic acids is 4. The number of anilines is 1. The molecule has 0 aromatic heterocycles. The molecule has 7 rings (SSSR count). The molecule has 1 saturated heterocycles. The predicted octanol–water partition coefficient (Wildman–Crippen LogP) is 6.35. The van der Waals surface area contributed by atoms with Crippen molar-refractivity contribution < 1.29 is 29.4 Å². The number of aromatic hydroxyl groups is 1. The number of benzene rings is 5. The highest BCUT2D eigenvalue weighted by atomic mass is 16.3. The van der Waals surface area contributed by atoms with E-state index in [1.165, 1.54) is 35.2 Å². The molecular formula is C40H28N2O6. The number of phenolic OH excluding ortho intramolecular Hbond substituents is 1. The van der Waals surface area contributed by atoms with E-state index >= 15 is 9.59 Å². The fourth-order valence-electron chi connectivity index (χ4n) is 6.57. The molecule has 2 N–H and O–H groups in total. The second kappa shape index (κ2) is 12.0. The Bertz CT molecular complexity index is 2140. The van der Waals surface area contributed by atoms with Crippen LogP contribution in [0.3, 0.4) is 0 Å². The molecule has 5 aromatic carbocycles. The molecular weight excluding hydrogens is 604 g/mol. The number of carbonyl (C=O) groups is 4. The zero-order valence-corrected chi connectivity index (χ0v) is 25.5. The first kappa shape index (κ1) is 30.1. The van der Waals surface area contributed by atoms with E-state index in [0.29, 0.717) is 11.1 Å². The summed E-state index contributed by atoms with van der Waals surface area (Å²) in [6, 6.07) is 40.0. The number of Topliss-reactive ketones (excluding diaryl/α,β-unsaturated/α-hetero) is 2. The molecule has 8 nitrogen and oxygen atoms in total. The minimum absolute atomic E-state index is 0.0341. The summed E-state index contributed by atoms with van der Waals surface area (Å²) in [6.07, 6.45) is 0. The summed E-state index contributed by atoms with van der Waals surface area (Å²) in [5.74, 6) is -4.85. The van der Waals surface area contributed by atoms with Crippen LogP contribution >= 0.6 is 0 Å². The number of para-hydroxylation sites is 2. The molecule has 1 unspecified atom stereocenters. The number of hydrogen-bond acceptors (Lipinski definition) is 6. The van der Waals surface area contributed by atoms with Gasteiger partial charge in [-0.2, -0.15) is 0 Å². The largest absolute Gasteiger partial charge is 0.507 e. The molecule has 1 spiro atoms. The number of amides is 2. The number of nitrogens with zero attached hydrogens (tertiary/aromatic N) is 2. The fourth-order valence-corrected chi connectivity index (χ4v) is 6.57. The normalized spacial score (nSPS) is 18.6. The first-order valence-electron chi connectivity index (χ1n) is 15.3. The number of hydrogen-bond donors (Lipinski definition) is 2. The van der Waals surface area contributed by atoms with Gasteiger partial charge in [-0.05, 0) is 23.3 Å². The minimum Gasteiger partial charge on any atom is -0.507 e. The van der Waals surface area contributed by atoms with Gasteiger partial charge in [0.2, 0.25) is 0 Å². The van der Waals surface area contributed by atoms with Crippen molar-refractivity contribution in [3.63, 3.8) is 0 Å². The van der Waals surface area contributed by atoms with Gasteiger partial charge in [0, 0.05) is 11.1 Å². The molecule has 2 heterocycles. The summed E-state index contributed by atoms with van der Waals surface area (Å²) in [5.41, 5.74) is -1.76. The van der Waals surface area contributed by atoms with Crippen LogP contribution < -0.4 is 4.90 Å². The van der Waals surface area contributed by atoms with Crippen molar-refractivity contribution in [2.45, 2.75) is 12.1 Å². The number of rotatable bonds is 7. The lowest BCUT2D eigenvalue weighted by molar-refractivity contribution is -0.133. The molecule has 1 atom stereocenters. The van der Waals surface area contributed by atoms with E-state index in [-0.39, 0.29) is 34.6 Å². The Hall–Kier alpha value is -6.54. The average Bonchev–Trinajstić information content (AvgIpc) is 3.51. The molecule has 5 aromatic rings. The summed E-state index contributed by atoms with van der Waals surface area (Å²) in [5, 5.41) is 23.2. The fraction of sp³-hybridized carbons (Fsp3) is 0.0500. The van der Waals surface area contributed by atoms with E-state index in [2.05, 4.69) is 0 Å². The number of phenols is 1. The Morgan fingerprint density at radius 2 is 1.17 bits per heavy atom. The van der Waals surface area contributed by atoms with Crippen LogP contribution in [0, 0.1) is 0 Å². The minimum atomic E-state index is -2.51. The first-order valence-corrected chi connectivity index (χ1v) is 15.3. The van der Waals surface area contributed by atoms with Gasteiger partial charge in [-0.25, -0.2) is 0 Å². The van der Waals surface area contributed by atoms with E-state index < -0.39 is 46.0 Å². The number of aliphatic hydroxyl groups is 1. The van der Waals surface area contributed by atoms with Gasteiger partial charge in [0.25, 0.3) is 11.7 Å². The van der Waals surface area contributed by atoms with Crippen molar-refractivity contribution in [3.05, 3.63) is 179 Å². The van der Waals surface area contributed by atoms with Crippen LogP contribution in [0.1, 0.15) is 27.0 Å². The van der Waals surface area contributed by atoms with Crippen LogP contribution in [0.15, 0.2) is 157 Å². The lowest BCUT2D eigenvalue weighted by Gasteiger charge is -2.36. The molecule has 0 radical (unpaired) electrons. The zero-order valence-electron chi connectivity index (χ0n) is 25.5. The van der Waals surface area contributed by atoms with Crippen LogP contribution in [0.5, 0.6) is 5.75 Å². The second-order valence-electron chi connectivity index (χ2n) is 11.4. The topological polar surface area (TPSA) is 115 Å². The standard InChI is InChI=1S/C40H28N2O6/c43-31-24-14-13-23-30(31)42-38(47)37(46)33(36(45)29-21-11-4-12-22-29)40(42)32(35(44)28-19-9-3-10-20-28)34(27-17-7-2-8-18-27)41(39(40)48)25-26-15-5-1-6-16-26/h1-24,43,45H,25H2/b36-33-. The lowest BCUT2D eigenvalue weighted by Crippen LogP contribution is -2.56. The quantitative estimate of drug-likeness (QED) is 0.0935. The third-order valence-corrected chi connectivity index (χ3v) is 8.65. The third-order valence-electron chi connectivity index (χ3n) is 8.65. The highest BCUT2D eigenvalue weighted by Crippen LogP contribution is 2.55. The summed E-state index contributed by atoms with van der Waals surface area (Å²) < 4.78 is 0. The molecule has 8 heteroatoms. The van der Waals surface area contributed by atoms with E-state index in [1.54, 1.807) is 84.9 Å². The Morgan fingerprint density at radius 3 is 1.77 bits per heavy atom. The molecule has 2 aliphatic rings. The van der Waals surface area contributed by atoms with Gasteiger partial charge in [0.1, 0.15) is 11.5 Å². The van der Waals surface area contributed by atoms with E-state index in [0.717, 1.165) is 4.90 Å². The second-order valence-corrected chi connectivity index (χ2v) is 11.4. The van der Waals surface area contributed by atoms with Crippen LogP contribution in [0.2, 0.25) is 0 Å². The Balaban J connectivity index is 1.67. The molecule has 0 bridgehead atoms. The smallest absolute Gasteiger partial charge is 0.300 e. The summed E-state index contributed by atoms with van der Waals surface area (Å²) in [7, 11) is 0. The van der Waals surface area contributed by atoms with Crippen molar-refractivity contribution in [3.8, 4) is 5.75 Å². The van der Waals surface area contributed by atoms with Gasteiger partial charge in [-0.3, -0.25) is 24.1 Å². The van der Waals surface area contributed by atoms with Gasteiger partial charge in [0.15, 0.2) is 11.3 Å². The molecule has 1 fully saturated rings. The van der Waals surface area contributed by atoms with Crippen LogP contribution in [-0.2, 0) is 20.9 Å². The maximum Gasteiger partial charge on any atom is 0.300 e. The maximum absolute atomic E-state index is 15.6. The van der Waals surface area contributed by atoms with Crippen molar-refractivity contribution in [1.29, 1.82) is 0 Å².